The van der Waals surface area contributed by atoms with Crippen LogP contribution in [-0.4, -0.2) is 24.3 Å². The molecule has 0 saturated heterocycles. The maximum Gasteiger partial charge on any atom is 0.123 e. The van der Waals surface area contributed by atoms with Gasteiger partial charge < -0.3 is 10.6 Å². The Kier molecular flexibility index (Phi) is 5.63. The summed E-state index contributed by atoms with van der Waals surface area (Å²) in [6, 6.07) is 6.67. The van der Waals surface area contributed by atoms with E-state index in [0.29, 0.717) is 6.42 Å². The molecule has 0 bridgehead atoms. The highest BCUT2D eigenvalue weighted by Gasteiger charge is 2.01. The first-order valence-electron chi connectivity index (χ1n) is 5.84. The van der Waals surface area contributed by atoms with Crippen molar-refractivity contribution in [3.8, 4) is 0 Å². The fourth-order valence-electron chi connectivity index (χ4n) is 1.72. The van der Waals surface area contributed by atoms with E-state index in [1.807, 2.05) is 13.1 Å². The Hall–Kier alpha value is -1.42. The van der Waals surface area contributed by atoms with Gasteiger partial charge in [0.2, 0.25) is 0 Å². The molecule has 0 aliphatic heterocycles. The summed E-state index contributed by atoms with van der Waals surface area (Å²) in [5.41, 5.74) is 6.26. The van der Waals surface area contributed by atoms with Crippen LogP contribution in [0.5, 0.6) is 0 Å². The van der Waals surface area contributed by atoms with E-state index in [1.54, 1.807) is 12.1 Å². The van der Waals surface area contributed by atoms with E-state index in [9.17, 15) is 4.39 Å². The topological polar surface area (TPSA) is 53.1 Å². The van der Waals surface area contributed by atoms with Crippen LogP contribution in [0.4, 0.5) is 4.39 Å². The minimum atomic E-state index is -0.188. The first-order chi connectivity index (χ1) is 8.08. The number of nitrogens with zero attached hydrogens (tertiary/aromatic N) is 1. The van der Waals surface area contributed by atoms with Crippen molar-refractivity contribution in [2.45, 2.75) is 25.8 Å². The van der Waals surface area contributed by atoms with Crippen LogP contribution in [0.1, 0.15) is 24.8 Å². The van der Waals surface area contributed by atoms with Crippen molar-refractivity contribution >= 4 is 5.84 Å². The van der Waals surface area contributed by atoms with Crippen molar-refractivity contribution in [2.75, 3.05) is 13.6 Å². The fraction of sp³-hybridized carbons (Fsp3) is 0.462. The van der Waals surface area contributed by atoms with Crippen molar-refractivity contribution in [3.63, 3.8) is 0 Å². The standard InChI is InChI=1S/C13H20FN3/c1-17(8-3-2-7-13(15)16)10-11-5-4-6-12(14)9-11/h4-6,9H,2-3,7-8,10H2,1H3,(H3,15,16). The first kappa shape index (κ1) is 13.6. The fourth-order valence-corrected chi connectivity index (χ4v) is 1.72. The zero-order valence-electron chi connectivity index (χ0n) is 10.2. The van der Waals surface area contributed by atoms with Gasteiger partial charge in [0.15, 0.2) is 0 Å². The number of benzene rings is 1. The third kappa shape index (κ3) is 6.02. The Labute approximate surface area is 102 Å². The third-order valence-corrected chi connectivity index (χ3v) is 2.58. The summed E-state index contributed by atoms with van der Waals surface area (Å²) < 4.78 is 13.0. The lowest BCUT2D eigenvalue weighted by Gasteiger charge is -2.16. The summed E-state index contributed by atoms with van der Waals surface area (Å²) in [5, 5.41) is 7.11. The molecule has 3 N–H and O–H groups in total. The van der Waals surface area contributed by atoms with Crippen LogP contribution >= 0.6 is 0 Å². The maximum atomic E-state index is 13.0. The quantitative estimate of drug-likeness (QED) is 0.434. The Balaban J connectivity index is 2.25. The van der Waals surface area contributed by atoms with Gasteiger partial charge in [-0.2, -0.15) is 0 Å². The molecule has 0 aliphatic carbocycles. The van der Waals surface area contributed by atoms with E-state index >= 15 is 0 Å². The molecule has 3 nitrogen and oxygen atoms in total. The van der Waals surface area contributed by atoms with Gasteiger partial charge in [0, 0.05) is 13.0 Å². The van der Waals surface area contributed by atoms with E-state index in [0.717, 1.165) is 31.5 Å². The van der Waals surface area contributed by atoms with Gasteiger partial charge in [-0.1, -0.05) is 12.1 Å². The van der Waals surface area contributed by atoms with Crippen molar-refractivity contribution in [1.29, 1.82) is 5.41 Å². The van der Waals surface area contributed by atoms with Crippen LogP contribution in [0.3, 0.4) is 0 Å². The molecule has 1 aromatic carbocycles. The van der Waals surface area contributed by atoms with Crippen LogP contribution in [0, 0.1) is 11.2 Å². The largest absolute Gasteiger partial charge is 0.388 e. The highest BCUT2D eigenvalue weighted by atomic mass is 19.1. The maximum absolute atomic E-state index is 13.0. The second-order valence-corrected chi connectivity index (χ2v) is 4.35. The van der Waals surface area contributed by atoms with Gasteiger partial charge in [0.05, 0.1) is 5.84 Å². The molecule has 0 atom stereocenters. The van der Waals surface area contributed by atoms with Gasteiger partial charge in [-0.05, 0) is 44.1 Å². The molecule has 4 heteroatoms. The average Bonchev–Trinajstić information content (AvgIpc) is 2.24. The van der Waals surface area contributed by atoms with Gasteiger partial charge in [0.25, 0.3) is 0 Å². The molecule has 94 valence electrons. The van der Waals surface area contributed by atoms with Crippen molar-refractivity contribution < 1.29 is 4.39 Å². The van der Waals surface area contributed by atoms with Crippen LogP contribution in [-0.2, 0) is 6.54 Å². The average molecular weight is 237 g/mol. The summed E-state index contributed by atoms with van der Waals surface area (Å²) >= 11 is 0. The normalized spacial score (nSPS) is 10.8. The third-order valence-electron chi connectivity index (χ3n) is 2.58. The lowest BCUT2D eigenvalue weighted by Crippen LogP contribution is -2.19. The van der Waals surface area contributed by atoms with E-state index < -0.39 is 0 Å². The smallest absolute Gasteiger partial charge is 0.123 e. The summed E-state index contributed by atoms with van der Waals surface area (Å²) in [4.78, 5) is 2.15. The molecular formula is C13H20FN3. The summed E-state index contributed by atoms with van der Waals surface area (Å²) in [6.45, 7) is 1.68. The molecular weight excluding hydrogens is 217 g/mol. The van der Waals surface area contributed by atoms with E-state index in [1.165, 1.54) is 6.07 Å². The molecule has 0 spiro atoms. The lowest BCUT2D eigenvalue weighted by atomic mass is 10.2. The van der Waals surface area contributed by atoms with Crippen molar-refractivity contribution in [1.82, 2.24) is 4.90 Å². The zero-order valence-corrected chi connectivity index (χ0v) is 10.2. The van der Waals surface area contributed by atoms with Gasteiger partial charge >= 0.3 is 0 Å². The Bertz CT molecular complexity index is 365. The first-order valence-corrected chi connectivity index (χ1v) is 5.84. The molecule has 0 fully saturated rings. The van der Waals surface area contributed by atoms with E-state index in [2.05, 4.69) is 4.90 Å². The minimum absolute atomic E-state index is 0.188. The lowest BCUT2D eigenvalue weighted by molar-refractivity contribution is 0.319. The van der Waals surface area contributed by atoms with Crippen molar-refractivity contribution in [2.24, 2.45) is 5.73 Å². The van der Waals surface area contributed by atoms with Gasteiger partial charge in [-0.3, -0.25) is 5.41 Å². The zero-order chi connectivity index (χ0) is 12.7. The molecule has 17 heavy (non-hydrogen) atoms. The van der Waals surface area contributed by atoms with Crippen LogP contribution in [0.25, 0.3) is 0 Å². The number of nitrogens with two attached hydrogens (primary N) is 1. The molecule has 1 rings (SSSR count). The Morgan fingerprint density at radius 3 is 2.82 bits per heavy atom. The molecule has 0 unspecified atom stereocenters. The highest BCUT2D eigenvalue weighted by Crippen LogP contribution is 2.07. The predicted octanol–water partition coefficient (Wildman–Crippen LogP) is 2.36. The van der Waals surface area contributed by atoms with Gasteiger partial charge in [-0.15, -0.1) is 0 Å². The Morgan fingerprint density at radius 1 is 1.41 bits per heavy atom. The van der Waals surface area contributed by atoms with Crippen LogP contribution < -0.4 is 5.73 Å². The van der Waals surface area contributed by atoms with E-state index in [-0.39, 0.29) is 11.7 Å². The molecule has 0 heterocycles. The molecule has 0 aromatic heterocycles. The number of amidine groups is 1. The molecule has 0 radical (unpaired) electrons. The molecule has 0 saturated carbocycles. The SMILES string of the molecule is CN(CCCCC(=N)N)Cc1cccc(F)c1. The van der Waals surface area contributed by atoms with Crippen LogP contribution in [0.2, 0.25) is 0 Å². The second-order valence-electron chi connectivity index (χ2n) is 4.35. The van der Waals surface area contributed by atoms with E-state index in [4.69, 9.17) is 11.1 Å². The predicted molar refractivity (Wildman–Crippen MR) is 68.5 cm³/mol. The Morgan fingerprint density at radius 2 is 2.18 bits per heavy atom. The molecule has 0 aliphatic rings. The summed E-state index contributed by atoms with van der Waals surface area (Å²) in [5.74, 6) is 0.0604. The second kappa shape index (κ2) is 7.01. The van der Waals surface area contributed by atoms with Crippen molar-refractivity contribution in [3.05, 3.63) is 35.6 Å². The summed E-state index contributed by atoms with van der Waals surface area (Å²) in [6.07, 6.45) is 2.60. The minimum Gasteiger partial charge on any atom is -0.388 e. The number of halogens is 1. The monoisotopic (exact) mass is 237 g/mol. The molecule has 1 aromatic rings. The number of unbranched alkanes of at least 4 members (excludes halogenated alkanes) is 1. The highest BCUT2D eigenvalue weighted by molar-refractivity contribution is 5.76. The number of hydrogen-bond donors (Lipinski definition) is 2. The number of nitrogens with one attached hydrogen (secondary N) is 1. The summed E-state index contributed by atoms with van der Waals surface area (Å²) in [7, 11) is 2.01. The van der Waals surface area contributed by atoms with Gasteiger partial charge in [-0.25, -0.2) is 4.39 Å². The van der Waals surface area contributed by atoms with Crippen LogP contribution in [0.15, 0.2) is 24.3 Å². The van der Waals surface area contributed by atoms with Gasteiger partial charge in [0.1, 0.15) is 5.82 Å². The molecule has 0 amide bonds. The number of hydrogen-bond acceptors (Lipinski definition) is 2. The number of rotatable bonds is 7.